The lowest BCUT2D eigenvalue weighted by atomic mass is 10.2. The van der Waals surface area contributed by atoms with Crippen molar-refractivity contribution in [2.24, 2.45) is 0 Å². The second kappa shape index (κ2) is 8.85. The molecule has 28 heavy (non-hydrogen) atoms. The van der Waals surface area contributed by atoms with Crippen molar-refractivity contribution in [3.8, 4) is 11.5 Å². The minimum atomic E-state index is -0.396. The van der Waals surface area contributed by atoms with E-state index in [4.69, 9.17) is 21.7 Å². The second-order valence-electron chi connectivity index (χ2n) is 5.61. The first kappa shape index (κ1) is 19.8. The summed E-state index contributed by atoms with van der Waals surface area (Å²) < 4.78 is 24.1. The van der Waals surface area contributed by atoms with E-state index in [0.717, 1.165) is 5.56 Å². The molecule has 0 unspecified atom stereocenters. The number of hydrogen-bond acceptors (Lipinski definition) is 6. The van der Waals surface area contributed by atoms with Gasteiger partial charge in [0.05, 0.1) is 12.0 Å². The van der Waals surface area contributed by atoms with Crippen LogP contribution < -0.4 is 20.1 Å². The molecule has 0 spiro atoms. The lowest BCUT2D eigenvalue weighted by Gasteiger charge is -2.11. The summed E-state index contributed by atoms with van der Waals surface area (Å²) in [7, 11) is 1.48. The fourth-order valence-electron chi connectivity index (χ4n) is 2.34. The minimum absolute atomic E-state index is 0.244. The van der Waals surface area contributed by atoms with Crippen molar-refractivity contribution in [1.82, 2.24) is 5.32 Å². The molecule has 1 fully saturated rings. The first-order chi connectivity index (χ1) is 13.4. The number of halogens is 1. The molecule has 0 aliphatic carbocycles. The van der Waals surface area contributed by atoms with Gasteiger partial charge in [-0.1, -0.05) is 30.0 Å². The monoisotopic (exact) mass is 418 g/mol. The zero-order valence-electron chi connectivity index (χ0n) is 14.7. The highest BCUT2D eigenvalue weighted by atomic mass is 32.2. The summed E-state index contributed by atoms with van der Waals surface area (Å²) in [6.45, 7) is -0.249. The van der Waals surface area contributed by atoms with E-state index in [1.54, 1.807) is 24.3 Å². The highest BCUT2D eigenvalue weighted by Crippen LogP contribution is 2.31. The molecule has 0 radical (unpaired) electrons. The van der Waals surface area contributed by atoms with Crippen molar-refractivity contribution in [2.45, 2.75) is 0 Å². The zero-order chi connectivity index (χ0) is 20.1. The molecule has 0 saturated carbocycles. The van der Waals surface area contributed by atoms with Gasteiger partial charge in [-0.05, 0) is 48.0 Å². The van der Waals surface area contributed by atoms with Crippen LogP contribution in [-0.4, -0.2) is 29.9 Å². The maximum absolute atomic E-state index is 12.9. The molecule has 1 heterocycles. The molecule has 0 bridgehead atoms. The number of methoxy groups -OCH3 is 1. The van der Waals surface area contributed by atoms with Gasteiger partial charge in [-0.25, -0.2) is 4.39 Å². The van der Waals surface area contributed by atoms with Crippen LogP contribution in [0.3, 0.4) is 0 Å². The smallest absolute Gasteiger partial charge is 0.263 e. The van der Waals surface area contributed by atoms with Gasteiger partial charge in [0.1, 0.15) is 10.1 Å². The van der Waals surface area contributed by atoms with Crippen LogP contribution >= 0.6 is 24.0 Å². The van der Waals surface area contributed by atoms with Crippen molar-refractivity contribution < 1.29 is 23.5 Å². The van der Waals surface area contributed by atoms with Crippen LogP contribution in [0.25, 0.3) is 6.08 Å². The molecule has 6 nitrogen and oxygen atoms in total. The van der Waals surface area contributed by atoms with Crippen molar-refractivity contribution in [1.29, 1.82) is 0 Å². The number of hydrogen-bond donors (Lipinski definition) is 2. The van der Waals surface area contributed by atoms with Gasteiger partial charge >= 0.3 is 0 Å². The van der Waals surface area contributed by atoms with Crippen LogP contribution in [-0.2, 0) is 9.59 Å². The van der Waals surface area contributed by atoms with Crippen LogP contribution in [0.2, 0.25) is 0 Å². The third-order valence-electron chi connectivity index (χ3n) is 3.61. The largest absolute Gasteiger partial charge is 0.493 e. The molecular formula is C19H15FN2O4S2. The SMILES string of the molecule is COc1cc(/C=C2\SC(=S)NC2=O)ccc1OCC(=O)Nc1ccc(F)cc1. The minimum Gasteiger partial charge on any atom is -0.493 e. The Morgan fingerprint density at radius 2 is 2.00 bits per heavy atom. The van der Waals surface area contributed by atoms with Gasteiger partial charge in [0.2, 0.25) is 0 Å². The van der Waals surface area contributed by atoms with Gasteiger partial charge < -0.3 is 20.1 Å². The Morgan fingerprint density at radius 3 is 2.64 bits per heavy atom. The molecule has 9 heteroatoms. The van der Waals surface area contributed by atoms with E-state index in [1.165, 1.54) is 43.1 Å². The number of benzene rings is 2. The van der Waals surface area contributed by atoms with Crippen LogP contribution in [0.15, 0.2) is 47.4 Å². The highest BCUT2D eigenvalue weighted by molar-refractivity contribution is 8.26. The van der Waals surface area contributed by atoms with Crippen molar-refractivity contribution >= 4 is 51.9 Å². The van der Waals surface area contributed by atoms with Crippen LogP contribution in [0, 0.1) is 5.82 Å². The van der Waals surface area contributed by atoms with Gasteiger partial charge in [-0.15, -0.1) is 0 Å². The molecule has 1 saturated heterocycles. The highest BCUT2D eigenvalue weighted by Gasteiger charge is 2.22. The number of carbonyl (C=O) groups is 2. The van der Waals surface area contributed by atoms with Crippen molar-refractivity contribution in [3.05, 3.63) is 58.8 Å². The standard InChI is InChI=1S/C19H15FN2O4S2/c1-25-15-8-11(9-16-18(24)22-19(27)28-16)2-7-14(15)26-10-17(23)21-13-5-3-12(20)4-6-13/h2-9H,10H2,1H3,(H,21,23)(H,22,24,27)/b16-9-. The number of anilines is 1. The van der Waals surface area contributed by atoms with E-state index in [9.17, 15) is 14.0 Å². The summed E-state index contributed by atoms with van der Waals surface area (Å²) in [6, 6.07) is 10.5. The van der Waals surface area contributed by atoms with Crippen molar-refractivity contribution in [3.63, 3.8) is 0 Å². The number of nitrogens with one attached hydrogen (secondary N) is 2. The van der Waals surface area contributed by atoms with E-state index in [2.05, 4.69) is 10.6 Å². The molecule has 2 aromatic rings. The summed E-state index contributed by atoms with van der Waals surface area (Å²) in [4.78, 5) is 24.2. The van der Waals surface area contributed by atoms with Crippen LogP contribution in [0.5, 0.6) is 11.5 Å². The first-order valence-corrected chi connectivity index (χ1v) is 9.28. The van der Waals surface area contributed by atoms with E-state index < -0.39 is 5.91 Å². The summed E-state index contributed by atoms with van der Waals surface area (Å²) in [5.74, 6) is -0.239. The number of thioether (sulfide) groups is 1. The lowest BCUT2D eigenvalue weighted by Crippen LogP contribution is -2.20. The summed E-state index contributed by atoms with van der Waals surface area (Å²) in [5, 5.41) is 5.15. The van der Waals surface area contributed by atoms with Gasteiger partial charge in [0, 0.05) is 5.69 Å². The Morgan fingerprint density at radius 1 is 1.25 bits per heavy atom. The van der Waals surface area contributed by atoms with E-state index in [-0.39, 0.29) is 18.3 Å². The quantitative estimate of drug-likeness (QED) is 0.554. The Bertz CT molecular complexity index is 961. The first-order valence-electron chi connectivity index (χ1n) is 8.06. The summed E-state index contributed by atoms with van der Waals surface area (Å²) in [5.41, 5.74) is 1.19. The van der Waals surface area contributed by atoms with Crippen LogP contribution in [0.1, 0.15) is 5.56 Å². The van der Waals surface area contributed by atoms with Crippen molar-refractivity contribution in [2.75, 3.05) is 19.0 Å². The molecule has 2 amide bonds. The molecule has 2 N–H and O–H groups in total. The fourth-order valence-corrected chi connectivity index (χ4v) is 3.38. The Hall–Kier alpha value is -2.91. The maximum atomic E-state index is 12.9. The van der Waals surface area contributed by atoms with E-state index in [1.807, 2.05) is 0 Å². The number of amides is 2. The summed E-state index contributed by atoms with van der Waals surface area (Å²) >= 11 is 6.15. The predicted molar refractivity (Wildman–Crippen MR) is 110 cm³/mol. The molecule has 1 aliphatic rings. The number of thiocarbonyl (C=S) groups is 1. The van der Waals surface area contributed by atoms with Gasteiger partial charge in [-0.2, -0.15) is 0 Å². The lowest BCUT2D eigenvalue weighted by molar-refractivity contribution is -0.118. The third-order valence-corrected chi connectivity index (χ3v) is 4.78. The Labute approximate surface area is 170 Å². The van der Waals surface area contributed by atoms with Crippen LogP contribution in [0.4, 0.5) is 10.1 Å². The molecule has 0 aromatic heterocycles. The average Bonchev–Trinajstić information content (AvgIpc) is 2.99. The topological polar surface area (TPSA) is 76.7 Å². The number of rotatable bonds is 6. The predicted octanol–water partition coefficient (Wildman–Crippen LogP) is 3.34. The fraction of sp³-hybridized carbons (Fsp3) is 0.105. The maximum Gasteiger partial charge on any atom is 0.263 e. The zero-order valence-corrected chi connectivity index (χ0v) is 16.3. The number of ether oxygens (including phenoxy) is 2. The normalized spacial score (nSPS) is 14.7. The molecule has 1 aliphatic heterocycles. The molecule has 0 atom stereocenters. The van der Waals surface area contributed by atoms with E-state index in [0.29, 0.717) is 26.4 Å². The summed E-state index contributed by atoms with van der Waals surface area (Å²) in [6.07, 6.45) is 1.69. The Balaban J connectivity index is 1.64. The average molecular weight is 418 g/mol. The molecule has 144 valence electrons. The molecular weight excluding hydrogens is 403 g/mol. The molecule has 2 aromatic carbocycles. The van der Waals surface area contributed by atoms with Gasteiger partial charge in [0.15, 0.2) is 18.1 Å². The number of carbonyl (C=O) groups excluding carboxylic acids is 2. The van der Waals surface area contributed by atoms with E-state index >= 15 is 0 Å². The van der Waals surface area contributed by atoms with Gasteiger partial charge in [0.25, 0.3) is 11.8 Å². The third kappa shape index (κ3) is 5.08. The second-order valence-corrected chi connectivity index (χ2v) is 7.33. The van der Waals surface area contributed by atoms with Gasteiger partial charge in [-0.3, -0.25) is 9.59 Å². The Kier molecular flexibility index (Phi) is 6.27. The molecule has 3 rings (SSSR count).